The fourth-order valence-electron chi connectivity index (χ4n) is 2.97. The van der Waals surface area contributed by atoms with E-state index in [2.05, 4.69) is 17.0 Å². The number of rotatable bonds is 7. The first-order valence-electron chi connectivity index (χ1n) is 8.79. The lowest BCUT2D eigenvalue weighted by Crippen LogP contribution is -2.33. The molecular weight excluding hydrogens is 330 g/mol. The summed E-state index contributed by atoms with van der Waals surface area (Å²) in [6.45, 7) is 3.64. The number of nitrogens with zero attached hydrogens (tertiary/aromatic N) is 5. The summed E-state index contributed by atoms with van der Waals surface area (Å²) in [7, 11) is 1.74. The van der Waals surface area contributed by atoms with Crippen LogP contribution in [0, 0.1) is 0 Å². The Hall–Kier alpha value is -2.96. The third-order valence-electron chi connectivity index (χ3n) is 4.35. The smallest absolute Gasteiger partial charge is 0.264 e. The molecule has 0 unspecified atom stereocenters. The molecule has 2 aromatic heterocycles. The van der Waals surface area contributed by atoms with Crippen LogP contribution in [0.3, 0.4) is 0 Å². The molecule has 136 valence electrons. The number of benzene rings is 1. The Morgan fingerprint density at radius 1 is 1.23 bits per heavy atom. The molecule has 7 heteroatoms. The number of carbonyl (C=O) groups is 1. The van der Waals surface area contributed by atoms with Gasteiger partial charge in [0.15, 0.2) is 5.65 Å². The number of carbonyl (C=O) groups excluding carboxylic acids is 1. The van der Waals surface area contributed by atoms with Crippen molar-refractivity contribution in [3.63, 3.8) is 0 Å². The van der Waals surface area contributed by atoms with E-state index in [4.69, 9.17) is 0 Å². The highest BCUT2D eigenvalue weighted by atomic mass is 16.2. The Morgan fingerprint density at radius 3 is 2.73 bits per heavy atom. The number of aryl methyl sites for hydroxylation is 2. The quantitative estimate of drug-likeness (QED) is 0.651. The largest absolute Gasteiger partial charge is 0.338 e. The number of amides is 1. The molecule has 1 aromatic carbocycles. The molecule has 0 aliphatic rings. The molecule has 0 aliphatic heterocycles. The van der Waals surface area contributed by atoms with E-state index in [-0.39, 0.29) is 17.9 Å². The van der Waals surface area contributed by atoms with E-state index in [1.807, 2.05) is 35.2 Å². The Balaban J connectivity index is 1.70. The zero-order chi connectivity index (χ0) is 18.5. The standard InChI is InChI=1S/C19H23N5O2/c1-3-10-23(13-15-7-5-4-6-8-15)17(25)9-11-24-14-20-18-16(19(24)26)12-21-22(18)2/h4-8,12,14H,3,9-11,13H2,1-2H3. The summed E-state index contributed by atoms with van der Waals surface area (Å²) >= 11 is 0. The zero-order valence-corrected chi connectivity index (χ0v) is 15.1. The number of hydrogen-bond acceptors (Lipinski definition) is 4. The summed E-state index contributed by atoms with van der Waals surface area (Å²) in [5.41, 5.74) is 1.49. The van der Waals surface area contributed by atoms with E-state index in [9.17, 15) is 9.59 Å². The van der Waals surface area contributed by atoms with Gasteiger partial charge in [-0.05, 0) is 12.0 Å². The minimum Gasteiger partial charge on any atom is -0.338 e. The van der Waals surface area contributed by atoms with Crippen molar-refractivity contribution in [2.45, 2.75) is 32.9 Å². The van der Waals surface area contributed by atoms with Crippen molar-refractivity contribution in [1.82, 2.24) is 24.2 Å². The first kappa shape index (κ1) is 17.8. The van der Waals surface area contributed by atoms with Crippen LogP contribution >= 0.6 is 0 Å². The van der Waals surface area contributed by atoms with Gasteiger partial charge in [-0.2, -0.15) is 5.10 Å². The molecule has 0 radical (unpaired) electrons. The van der Waals surface area contributed by atoms with Gasteiger partial charge in [-0.3, -0.25) is 18.8 Å². The maximum atomic E-state index is 12.7. The van der Waals surface area contributed by atoms with Gasteiger partial charge in [-0.25, -0.2) is 4.98 Å². The molecule has 2 heterocycles. The lowest BCUT2D eigenvalue weighted by Gasteiger charge is -2.22. The summed E-state index contributed by atoms with van der Waals surface area (Å²) in [5.74, 6) is 0.0360. The van der Waals surface area contributed by atoms with Crippen LogP contribution in [0.2, 0.25) is 0 Å². The maximum Gasteiger partial charge on any atom is 0.264 e. The second-order valence-corrected chi connectivity index (χ2v) is 6.30. The van der Waals surface area contributed by atoms with Crippen molar-refractivity contribution < 1.29 is 4.79 Å². The zero-order valence-electron chi connectivity index (χ0n) is 15.1. The SMILES string of the molecule is CCCN(Cc1ccccc1)C(=O)CCn1cnc2c(cnn2C)c1=O. The van der Waals surface area contributed by atoms with Crippen molar-refractivity contribution in [3.8, 4) is 0 Å². The van der Waals surface area contributed by atoms with Crippen LogP contribution in [0.1, 0.15) is 25.3 Å². The van der Waals surface area contributed by atoms with Crippen molar-refractivity contribution in [2.24, 2.45) is 7.05 Å². The Bertz CT molecular complexity index is 945. The van der Waals surface area contributed by atoms with E-state index < -0.39 is 0 Å². The van der Waals surface area contributed by atoms with Gasteiger partial charge in [0, 0.05) is 33.1 Å². The van der Waals surface area contributed by atoms with Gasteiger partial charge < -0.3 is 4.90 Å². The molecule has 1 amide bonds. The first-order chi connectivity index (χ1) is 12.6. The van der Waals surface area contributed by atoms with E-state index in [0.717, 1.165) is 12.0 Å². The lowest BCUT2D eigenvalue weighted by atomic mass is 10.2. The number of fused-ring (bicyclic) bond motifs is 1. The molecule has 0 spiro atoms. The molecule has 7 nitrogen and oxygen atoms in total. The summed E-state index contributed by atoms with van der Waals surface area (Å²) < 4.78 is 3.05. The topological polar surface area (TPSA) is 73.0 Å². The maximum absolute atomic E-state index is 12.7. The highest BCUT2D eigenvalue weighted by Gasteiger charge is 2.14. The van der Waals surface area contributed by atoms with Gasteiger partial charge in [0.05, 0.1) is 12.5 Å². The van der Waals surface area contributed by atoms with Gasteiger partial charge in [-0.15, -0.1) is 0 Å². The van der Waals surface area contributed by atoms with E-state index in [1.54, 1.807) is 11.7 Å². The van der Waals surface area contributed by atoms with Crippen LogP contribution in [0.4, 0.5) is 0 Å². The minimum atomic E-state index is -0.166. The molecule has 26 heavy (non-hydrogen) atoms. The minimum absolute atomic E-state index is 0.0360. The Labute approximate surface area is 151 Å². The van der Waals surface area contributed by atoms with Gasteiger partial charge >= 0.3 is 0 Å². The molecular formula is C19H23N5O2. The third kappa shape index (κ3) is 3.82. The molecule has 0 aliphatic carbocycles. The van der Waals surface area contributed by atoms with E-state index in [0.29, 0.717) is 30.7 Å². The van der Waals surface area contributed by atoms with Crippen molar-refractivity contribution >= 4 is 16.9 Å². The normalized spacial score (nSPS) is 11.0. The molecule has 0 atom stereocenters. The molecule has 0 fully saturated rings. The molecule has 0 saturated carbocycles. The fraction of sp³-hybridized carbons (Fsp3) is 0.368. The van der Waals surface area contributed by atoms with Gasteiger partial charge in [0.1, 0.15) is 5.39 Å². The molecule has 0 bridgehead atoms. The lowest BCUT2D eigenvalue weighted by molar-refractivity contribution is -0.132. The summed E-state index contributed by atoms with van der Waals surface area (Å²) in [6.07, 6.45) is 4.16. The van der Waals surface area contributed by atoms with E-state index >= 15 is 0 Å². The molecule has 3 rings (SSSR count). The van der Waals surface area contributed by atoms with Crippen LogP contribution in [-0.2, 0) is 24.9 Å². The molecule has 3 aromatic rings. The van der Waals surface area contributed by atoms with Crippen molar-refractivity contribution in [2.75, 3.05) is 6.54 Å². The van der Waals surface area contributed by atoms with Crippen LogP contribution in [0.5, 0.6) is 0 Å². The average molecular weight is 353 g/mol. The summed E-state index contributed by atoms with van der Waals surface area (Å²) in [6, 6.07) is 9.93. The highest BCUT2D eigenvalue weighted by Crippen LogP contribution is 2.08. The number of aromatic nitrogens is 4. The van der Waals surface area contributed by atoms with Crippen LogP contribution in [-0.4, -0.2) is 36.7 Å². The van der Waals surface area contributed by atoms with Gasteiger partial charge in [-0.1, -0.05) is 37.3 Å². The highest BCUT2D eigenvalue weighted by molar-refractivity contribution is 5.76. The first-order valence-corrected chi connectivity index (χ1v) is 8.79. The predicted octanol–water partition coefficient (Wildman–Crippen LogP) is 1.96. The third-order valence-corrected chi connectivity index (χ3v) is 4.35. The summed E-state index contributed by atoms with van der Waals surface area (Å²) in [4.78, 5) is 31.3. The Kier molecular flexibility index (Phi) is 5.46. The Morgan fingerprint density at radius 2 is 2.00 bits per heavy atom. The van der Waals surface area contributed by atoms with E-state index in [1.165, 1.54) is 17.1 Å². The predicted molar refractivity (Wildman–Crippen MR) is 99.5 cm³/mol. The molecule has 0 N–H and O–H groups in total. The van der Waals surface area contributed by atoms with Crippen molar-refractivity contribution in [1.29, 1.82) is 0 Å². The fourth-order valence-corrected chi connectivity index (χ4v) is 2.97. The number of hydrogen-bond donors (Lipinski definition) is 0. The summed E-state index contributed by atoms with van der Waals surface area (Å²) in [5, 5.41) is 4.53. The van der Waals surface area contributed by atoms with Crippen LogP contribution in [0.15, 0.2) is 47.7 Å². The van der Waals surface area contributed by atoms with Gasteiger partial charge in [0.25, 0.3) is 5.56 Å². The van der Waals surface area contributed by atoms with Crippen LogP contribution < -0.4 is 5.56 Å². The molecule has 0 saturated heterocycles. The monoisotopic (exact) mass is 353 g/mol. The van der Waals surface area contributed by atoms with Crippen molar-refractivity contribution in [3.05, 3.63) is 58.8 Å². The van der Waals surface area contributed by atoms with Gasteiger partial charge in [0.2, 0.25) is 5.91 Å². The second-order valence-electron chi connectivity index (χ2n) is 6.30. The van der Waals surface area contributed by atoms with Crippen LogP contribution in [0.25, 0.3) is 11.0 Å². The second kappa shape index (κ2) is 7.95. The average Bonchev–Trinajstić information content (AvgIpc) is 3.03.